The maximum atomic E-state index is 13.5. The van der Waals surface area contributed by atoms with Crippen LogP contribution in [0.25, 0.3) is 0 Å². The van der Waals surface area contributed by atoms with Gasteiger partial charge >= 0.3 is 0 Å². The highest BCUT2D eigenvalue weighted by atomic mass is 16.2. The highest BCUT2D eigenvalue weighted by Gasteiger charge is 2.40. The van der Waals surface area contributed by atoms with Crippen molar-refractivity contribution >= 4 is 17.5 Å². The minimum Gasteiger partial charge on any atom is -0.340 e. The Balaban J connectivity index is 1.42. The van der Waals surface area contributed by atoms with E-state index >= 15 is 0 Å². The zero-order valence-electron chi connectivity index (χ0n) is 19.4. The molecule has 1 unspecified atom stereocenters. The van der Waals surface area contributed by atoms with Crippen molar-refractivity contribution in [3.63, 3.8) is 0 Å². The Hall–Kier alpha value is -2.66. The van der Waals surface area contributed by atoms with Crippen molar-refractivity contribution in [3.05, 3.63) is 64.7 Å². The molecule has 1 atom stereocenters. The van der Waals surface area contributed by atoms with Crippen LogP contribution in [0.15, 0.2) is 42.5 Å². The summed E-state index contributed by atoms with van der Waals surface area (Å²) in [5.41, 5.74) is 4.97. The molecule has 1 saturated heterocycles. The lowest BCUT2D eigenvalue weighted by Crippen LogP contribution is -2.47. The van der Waals surface area contributed by atoms with Crippen molar-refractivity contribution in [1.82, 2.24) is 9.80 Å². The van der Waals surface area contributed by atoms with Crippen molar-refractivity contribution in [3.8, 4) is 0 Å². The van der Waals surface area contributed by atoms with Gasteiger partial charge in [-0.15, -0.1) is 0 Å². The van der Waals surface area contributed by atoms with E-state index in [0.29, 0.717) is 31.7 Å². The van der Waals surface area contributed by atoms with Gasteiger partial charge in [0.05, 0.1) is 12.5 Å². The molecule has 5 rings (SSSR count). The normalized spacial score (nSPS) is 23.4. The van der Waals surface area contributed by atoms with Gasteiger partial charge in [0.2, 0.25) is 5.91 Å². The maximum absolute atomic E-state index is 13.5. The van der Waals surface area contributed by atoms with E-state index in [4.69, 9.17) is 4.11 Å². The SMILES string of the molecule is [2H]C([2H])([2H])N1CCN(C(=O)CC2c3cc4c(cc3C(=O)N2c2ccccc2)CCC4)CC1. The molecule has 2 aliphatic heterocycles. The second-order valence-corrected chi connectivity index (χ2v) is 8.16. The second kappa shape index (κ2) is 7.30. The lowest BCUT2D eigenvalue weighted by atomic mass is 9.96. The molecule has 0 radical (unpaired) electrons. The number of nitrogens with zero attached hydrogens (tertiary/aromatic N) is 3. The quantitative estimate of drug-likeness (QED) is 0.806. The number of carbonyl (C=O) groups excluding carboxylic acids is 2. The number of para-hydroxylation sites is 1. The van der Waals surface area contributed by atoms with Gasteiger partial charge in [0.15, 0.2) is 0 Å². The summed E-state index contributed by atoms with van der Waals surface area (Å²) in [6.45, 7) is -0.687. The number of rotatable bonds is 3. The Kier molecular flexibility index (Phi) is 3.83. The number of carbonyl (C=O) groups is 2. The fourth-order valence-corrected chi connectivity index (χ4v) is 4.85. The van der Waals surface area contributed by atoms with E-state index in [1.54, 1.807) is 9.80 Å². The third kappa shape index (κ3) is 3.23. The van der Waals surface area contributed by atoms with Gasteiger partial charge < -0.3 is 14.7 Å². The zero-order chi connectivity index (χ0) is 22.5. The first-order valence-electron chi connectivity index (χ1n) is 11.9. The zero-order valence-corrected chi connectivity index (χ0v) is 16.4. The van der Waals surface area contributed by atoms with Crippen LogP contribution in [0.2, 0.25) is 0 Å². The molecule has 3 aliphatic rings. The van der Waals surface area contributed by atoms with Crippen LogP contribution in [0.5, 0.6) is 0 Å². The second-order valence-electron chi connectivity index (χ2n) is 8.16. The summed E-state index contributed by atoms with van der Waals surface area (Å²) in [6, 6.07) is 13.4. The maximum Gasteiger partial charge on any atom is 0.259 e. The van der Waals surface area contributed by atoms with Gasteiger partial charge in [0, 0.05) is 41.5 Å². The van der Waals surface area contributed by atoms with Crippen molar-refractivity contribution < 1.29 is 13.7 Å². The van der Waals surface area contributed by atoms with E-state index in [2.05, 4.69) is 6.07 Å². The molecule has 29 heavy (non-hydrogen) atoms. The van der Waals surface area contributed by atoms with Crippen molar-refractivity contribution in [2.75, 3.05) is 38.1 Å². The molecule has 0 spiro atoms. The third-order valence-electron chi connectivity index (χ3n) is 6.42. The van der Waals surface area contributed by atoms with Gasteiger partial charge in [-0.2, -0.15) is 0 Å². The number of amides is 2. The van der Waals surface area contributed by atoms with Crippen LogP contribution >= 0.6 is 0 Å². The Labute approximate surface area is 176 Å². The van der Waals surface area contributed by atoms with Gasteiger partial charge in [-0.3, -0.25) is 9.59 Å². The average Bonchev–Trinajstić information content (AvgIpc) is 3.35. The molecular weight excluding hydrogens is 362 g/mol. The summed E-state index contributed by atoms with van der Waals surface area (Å²) in [7, 11) is 0. The van der Waals surface area contributed by atoms with Gasteiger partial charge in [-0.05, 0) is 61.1 Å². The number of hydrogen-bond donors (Lipinski definition) is 0. The van der Waals surface area contributed by atoms with Crippen LogP contribution in [-0.2, 0) is 17.6 Å². The Morgan fingerprint density at radius 3 is 2.52 bits per heavy atom. The fourth-order valence-electron chi connectivity index (χ4n) is 4.85. The number of hydrogen-bond acceptors (Lipinski definition) is 3. The lowest BCUT2D eigenvalue weighted by Gasteiger charge is -2.34. The first kappa shape index (κ1) is 15.2. The van der Waals surface area contributed by atoms with Crippen LogP contribution in [0.1, 0.15) is 50.0 Å². The standard InChI is InChI=1S/C24H27N3O2/c1-25-10-12-26(13-11-25)23(28)16-22-20-14-17-6-5-7-18(17)15-21(20)24(29)27(22)19-8-3-2-4-9-19/h2-4,8-9,14-15,22H,5-7,10-13,16H2,1H3/i1D3. The van der Waals surface area contributed by atoms with E-state index in [9.17, 15) is 9.59 Å². The highest BCUT2D eigenvalue weighted by Crippen LogP contribution is 2.42. The Morgan fingerprint density at radius 1 is 1.07 bits per heavy atom. The number of likely N-dealkylation sites (N-methyl/N-ethyl adjacent to an activating group) is 1. The number of anilines is 1. The van der Waals surface area contributed by atoms with Gasteiger partial charge in [-0.25, -0.2) is 0 Å². The largest absolute Gasteiger partial charge is 0.340 e. The summed E-state index contributed by atoms with van der Waals surface area (Å²) >= 11 is 0. The molecule has 0 saturated carbocycles. The molecule has 0 N–H and O–H groups in total. The topological polar surface area (TPSA) is 43.9 Å². The number of fused-ring (bicyclic) bond motifs is 2. The van der Waals surface area contributed by atoms with E-state index in [1.165, 1.54) is 16.0 Å². The summed E-state index contributed by atoms with van der Waals surface area (Å²) in [4.78, 5) is 31.6. The van der Waals surface area contributed by atoms with Crippen LogP contribution in [0, 0.1) is 0 Å². The summed E-state index contributed by atoms with van der Waals surface area (Å²) in [5.74, 6) is -0.0896. The molecular formula is C24H27N3O2. The van der Waals surface area contributed by atoms with Gasteiger partial charge in [0.1, 0.15) is 0 Å². The number of aryl methyl sites for hydroxylation is 2. The van der Waals surface area contributed by atoms with Gasteiger partial charge in [0.25, 0.3) is 5.91 Å². The minimum absolute atomic E-state index is 0.0396. The summed E-state index contributed by atoms with van der Waals surface area (Å²) in [5, 5.41) is 0. The molecule has 2 heterocycles. The predicted molar refractivity (Wildman–Crippen MR) is 113 cm³/mol. The Morgan fingerprint density at radius 2 is 1.79 bits per heavy atom. The van der Waals surface area contributed by atoms with Crippen LogP contribution in [0.4, 0.5) is 5.69 Å². The van der Waals surface area contributed by atoms with Crippen LogP contribution < -0.4 is 4.90 Å². The van der Waals surface area contributed by atoms with E-state index in [-0.39, 0.29) is 24.3 Å². The predicted octanol–water partition coefficient (Wildman–Crippen LogP) is 3.04. The van der Waals surface area contributed by atoms with Crippen molar-refractivity contribution in [1.29, 1.82) is 0 Å². The number of benzene rings is 2. The van der Waals surface area contributed by atoms with Crippen LogP contribution in [-0.4, -0.2) is 54.8 Å². The van der Waals surface area contributed by atoms with E-state index < -0.39 is 6.98 Å². The molecule has 150 valence electrons. The Bertz CT molecular complexity index is 1050. The van der Waals surface area contributed by atoms with Gasteiger partial charge in [-0.1, -0.05) is 24.3 Å². The van der Waals surface area contributed by atoms with E-state index in [0.717, 1.165) is 30.5 Å². The fraction of sp³-hybridized carbons (Fsp3) is 0.417. The van der Waals surface area contributed by atoms with Crippen LogP contribution in [0.3, 0.4) is 0 Å². The van der Waals surface area contributed by atoms with Crippen molar-refractivity contribution in [2.24, 2.45) is 0 Å². The first-order chi connectivity index (χ1) is 15.3. The lowest BCUT2D eigenvalue weighted by molar-refractivity contribution is -0.133. The molecule has 2 aromatic rings. The molecule has 1 aliphatic carbocycles. The average molecular weight is 393 g/mol. The monoisotopic (exact) mass is 392 g/mol. The minimum atomic E-state index is -2.13. The summed E-state index contributed by atoms with van der Waals surface area (Å²) < 4.78 is 22.7. The smallest absolute Gasteiger partial charge is 0.259 e. The molecule has 2 aromatic carbocycles. The van der Waals surface area contributed by atoms with Crippen molar-refractivity contribution in [2.45, 2.75) is 31.7 Å². The molecule has 5 nitrogen and oxygen atoms in total. The van der Waals surface area contributed by atoms with E-state index in [1.807, 2.05) is 36.4 Å². The summed E-state index contributed by atoms with van der Waals surface area (Å²) in [6.07, 6.45) is 3.31. The highest BCUT2D eigenvalue weighted by molar-refractivity contribution is 6.11. The first-order valence-corrected chi connectivity index (χ1v) is 10.4. The third-order valence-corrected chi connectivity index (χ3v) is 6.42. The molecule has 5 heteroatoms. The molecule has 1 fully saturated rings. The number of piperazine rings is 1. The molecule has 0 aromatic heterocycles. The molecule has 0 bridgehead atoms. The molecule has 2 amide bonds.